The van der Waals surface area contributed by atoms with Crippen LogP contribution in [-0.2, 0) is 9.59 Å². The van der Waals surface area contributed by atoms with Gasteiger partial charge in [0.1, 0.15) is 0 Å². The van der Waals surface area contributed by atoms with Crippen molar-refractivity contribution in [3.05, 3.63) is 54.6 Å². The molecule has 1 fully saturated rings. The zero-order chi connectivity index (χ0) is 22.2. The summed E-state index contributed by atoms with van der Waals surface area (Å²) in [5.41, 5.74) is 3.32. The second kappa shape index (κ2) is 11.1. The number of alkyl halides is 1. The summed E-state index contributed by atoms with van der Waals surface area (Å²) in [4.78, 5) is 28.1. The SMILES string of the molecule is O=C(NCCCCl)C(O)C(O)C(=O)N1CCN(c2cccc(-c3ccccc3)c2)CC1. The zero-order valence-electron chi connectivity index (χ0n) is 17.3. The number of rotatable bonds is 8. The van der Waals surface area contributed by atoms with Gasteiger partial charge in [-0.25, -0.2) is 0 Å². The van der Waals surface area contributed by atoms with Gasteiger partial charge in [0.25, 0.3) is 11.8 Å². The van der Waals surface area contributed by atoms with Crippen molar-refractivity contribution in [2.24, 2.45) is 0 Å². The lowest BCUT2D eigenvalue weighted by Gasteiger charge is -2.37. The van der Waals surface area contributed by atoms with Crippen LogP contribution in [0.2, 0.25) is 0 Å². The van der Waals surface area contributed by atoms with Crippen molar-refractivity contribution in [2.75, 3.05) is 43.5 Å². The number of aliphatic hydroxyl groups is 2. The lowest BCUT2D eigenvalue weighted by Crippen LogP contribution is -2.55. The third kappa shape index (κ3) is 5.97. The molecule has 1 aliphatic heterocycles. The topological polar surface area (TPSA) is 93.1 Å². The van der Waals surface area contributed by atoms with E-state index in [0.29, 0.717) is 38.5 Å². The van der Waals surface area contributed by atoms with Gasteiger partial charge in [0.05, 0.1) is 0 Å². The van der Waals surface area contributed by atoms with E-state index in [1.165, 1.54) is 4.90 Å². The number of aliphatic hydroxyl groups excluding tert-OH is 2. The second-order valence-corrected chi connectivity index (χ2v) is 7.83. The molecule has 8 heteroatoms. The Hall–Kier alpha value is -2.61. The Bertz CT molecular complexity index is 872. The van der Waals surface area contributed by atoms with E-state index < -0.39 is 24.0 Å². The fourth-order valence-corrected chi connectivity index (χ4v) is 3.68. The van der Waals surface area contributed by atoms with Gasteiger partial charge in [-0.2, -0.15) is 0 Å². The molecule has 1 heterocycles. The largest absolute Gasteiger partial charge is 0.380 e. The van der Waals surface area contributed by atoms with E-state index in [-0.39, 0.29) is 6.54 Å². The summed E-state index contributed by atoms with van der Waals surface area (Å²) >= 11 is 5.55. The molecule has 2 unspecified atom stereocenters. The number of hydrogen-bond acceptors (Lipinski definition) is 5. The quantitative estimate of drug-likeness (QED) is 0.422. The van der Waals surface area contributed by atoms with Crippen LogP contribution in [0.4, 0.5) is 5.69 Å². The maximum absolute atomic E-state index is 12.6. The Balaban J connectivity index is 1.55. The molecule has 3 rings (SSSR count). The van der Waals surface area contributed by atoms with Crippen LogP contribution in [0.15, 0.2) is 54.6 Å². The molecule has 31 heavy (non-hydrogen) atoms. The molecule has 166 valence electrons. The van der Waals surface area contributed by atoms with Gasteiger partial charge in [-0.15, -0.1) is 11.6 Å². The number of halogens is 1. The van der Waals surface area contributed by atoms with Gasteiger partial charge in [0.2, 0.25) is 0 Å². The van der Waals surface area contributed by atoms with Crippen molar-refractivity contribution in [1.29, 1.82) is 0 Å². The standard InChI is InChI=1S/C23H28ClN3O4/c24-10-5-11-25-22(30)20(28)21(29)23(31)27-14-12-26(13-15-27)19-9-4-8-18(16-19)17-6-2-1-3-7-17/h1-4,6-9,16,20-21,28-29H,5,10-15H2,(H,25,30). The Morgan fingerprint density at radius 1 is 0.935 bits per heavy atom. The minimum Gasteiger partial charge on any atom is -0.380 e. The van der Waals surface area contributed by atoms with Gasteiger partial charge in [-0.3, -0.25) is 9.59 Å². The van der Waals surface area contributed by atoms with Crippen LogP contribution in [0, 0.1) is 0 Å². The van der Waals surface area contributed by atoms with Crippen LogP contribution in [0.25, 0.3) is 11.1 Å². The monoisotopic (exact) mass is 445 g/mol. The first-order valence-electron chi connectivity index (χ1n) is 10.4. The number of carbonyl (C=O) groups excluding carboxylic acids is 2. The molecule has 2 amide bonds. The maximum atomic E-state index is 12.6. The summed E-state index contributed by atoms with van der Waals surface area (Å²) < 4.78 is 0. The highest BCUT2D eigenvalue weighted by molar-refractivity contribution is 6.17. The average Bonchev–Trinajstić information content (AvgIpc) is 2.83. The molecule has 3 N–H and O–H groups in total. The molecule has 2 aromatic rings. The summed E-state index contributed by atoms with van der Waals surface area (Å²) in [6, 6.07) is 18.4. The molecule has 0 saturated carbocycles. The van der Waals surface area contributed by atoms with Crippen molar-refractivity contribution in [2.45, 2.75) is 18.6 Å². The lowest BCUT2D eigenvalue weighted by atomic mass is 10.0. The van der Waals surface area contributed by atoms with Crippen LogP contribution in [0.3, 0.4) is 0 Å². The Labute approximate surface area is 187 Å². The molecule has 0 aromatic heterocycles. The number of piperazine rings is 1. The number of carbonyl (C=O) groups is 2. The van der Waals surface area contributed by atoms with Crippen LogP contribution in [0.1, 0.15) is 6.42 Å². The van der Waals surface area contributed by atoms with E-state index >= 15 is 0 Å². The van der Waals surface area contributed by atoms with Gasteiger partial charge < -0.3 is 25.3 Å². The summed E-state index contributed by atoms with van der Waals surface area (Å²) in [5, 5.41) is 22.6. The van der Waals surface area contributed by atoms with Crippen molar-refractivity contribution >= 4 is 29.1 Å². The molecule has 0 spiro atoms. The molecule has 1 saturated heterocycles. The molecule has 7 nitrogen and oxygen atoms in total. The average molecular weight is 446 g/mol. The van der Waals surface area contributed by atoms with Gasteiger partial charge in [-0.05, 0) is 29.7 Å². The third-order valence-corrected chi connectivity index (χ3v) is 5.61. The number of nitrogens with one attached hydrogen (secondary N) is 1. The predicted octanol–water partition coefficient (Wildman–Crippen LogP) is 1.47. The predicted molar refractivity (Wildman–Crippen MR) is 121 cm³/mol. The summed E-state index contributed by atoms with van der Waals surface area (Å²) in [6.07, 6.45) is -3.05. The van der Waals surface area contributed by atoms with E-state index in [0.717, 1.165) is 16.8 Å². The highest BCUT2D eigenvalue weighted by atomic mass is 35.5. The molecule has 2 aromatic carbocycles. The Morgan fingerprint density at radius 3 is 2.29 bits per heavy atom. The zero-order valence-corrected chi connectivity index (χ0v) is 18.0. The van der Waals surface area contributed by atoms with E-state index in [1.54, 1.807) is 0 Å². The number of nitrogens with zero attached hydrogens (tertiary/aromatic N) is 2. The van der Waals surface area contributed by atoms with Crippen LogP contribution in [0.5, 0.6) is 0 Å². The fourth-order valence-electron chi connectivity index (χ4n) is 3.55. The van der Waals surface area contributed by atoms with Gasteiger partial charge in [-0.1, -0.05) is 42.5 Å². The van der Waals surface area contributed by atoms with Gasteiger partial charge >= 0.3 is 0 Å². The number of anilines is 1. The van der Waals surface area contributed by atoms with Gasteiger partial charge in [0.15, 0.2) is 12.2 Å². The summed E-state index contributed by atoms with van der Waals surface area (Å²) in [6.45, 7) is 2.25. The Morgan fingerprint density at radius 2 is 1.61 bits per heavy atom. The Kier molecular flexibility index (Phi) is 8.28. The third-order valence-electron chi connectivity index (χ3n) is 5.34. The minimum absolute atomic E-state index is 0.279. The summed E-state index contributed by atoms with van der Waals surface area (Å²) in [7, 11) is 0. The number of benzene rings is 2. The molecule has 2 atom stereocenters. The highest BCUT2D eigenvalue weighted by Crippen LogP contribution is 2.25. The van der Waals surface area contributed by atoms with Crippen molar-refractivity contribution in [3.8, 4) is 11.1 Å². The maximum Gasteiger partial charge on any atom is 0.254 e. The highest BCUT2D eigenvalue weighted by Gasteiger charge is 2.34. The minimum atomic E-state index is -1.80. The molecule has 0 bridgehead atoms. The van der Waals surface area contributed by atoms with Crippen LogP contribution >= 0.6 is 11.6 Å². The summed E-state index contributed by atoms with van der Waals surface area (Å²) in [5.74, 6) is -1.05. The van der Waals surface area contributed by atoms with E-state index in [9.17, 15) is 19.8 Å². The van der Waals surface area contributed by atoms with Crippen molar-refractivity contribution < 1.29 is 19.8 Å². The number of amides is 2. The lowest BCUT2D eigenvalue weighted by molar-refractivity contribution is -0.153. The van der Waals surface area contributed by atoms with Crippen LogP contribution in [-0.4, -0.2) is 77.7 Å². The van der Waals surface area contributed by atoms with Crippen molar-refractivity contribution in [3.63, 3.8) is 0 Å². The van der Waals surface area contributed by atoms with Gasteiger partial charge in [0, 0.05) is 44.3 Å². The van der Waals surface area contributed by atoms with E-state index in [1.807, 2.05) is 30.3 Å². The molecular formula is C23H28ClN3O4. The number of hydrogen-bond donors (Lipinski definition) is 3. The van der Waals surface area contributed by atoms with Crippen LogP contribution < -0.4 is 10.2 Å². The van der Waals surface area contributed by atoms with Crippen molar-refractivity contribution in [1.82, 2.24) is 10.2 Å². The normalized spacial score (nSPS) is 16.0. The smallest absolute Gasteiger partial charge is 0.254 e. The first kappa shape index (κ1) is 23.1. The first-order chi connectivity index (χ1) is 15.0. The van der Waals surface area contributed by atoms with E-state index in [2.05, 4.69) is 34.5 Å². The molecule has 0 radical (unpaired) electrons. The molecular weight excluding hydrogens is 418 g/mol. The second-order valence-electron chi connectivity index (χ2n) is 7.45. The first-order valence-corrected chi connectivity index (χ1v) is 10.9. The molecule has 1 aliphatic rings. The fraction of sp³-hybridized carbons (Fsp3) is 0.391. The van der Waals surface area contributed by atoms with E-state index in [4.69, 9.17) is 11.6 Å². The molecule has 0 aliphatic carbocycles.